The number of nitrogens with zero attached hydrogens (tertiary/aromatic N) is 8. The second-order valence-corrected chi connectivity index (χ2v) is 13.0. The Hall–Kier alpha value is -7.45. The zero-order valence-electron chi connectivity index (χ0n) is 28.1. The molecule has 0 unspecified atom stereocenters. The fraction of sp³-hybridized carbons (Fsp3) is 0. The van der Waals surface area contributed by atoms with Crippen LogP contribution in [0.5, 0.6) is 0 Å². The van der Waals surface area contributed by atoms with Crippen molar-refractivity contribution in [2.24, 2.45) is 0 Å². The van der Waals surface area contributed by atoms with E-state index >= 15 is 0 Å². The molecule has 0 spiro atoms. The van der Waals surface area contributed by atoms with E-state index in [-0.39, 0.29) is 0 Å². The van der Waals surface area contributed by atoms with E-state index in [4.69, 9.17) is 34.9 Å². The molecular weight excluding hydrogens is 653 g/mol. The minimum atomic E-state index is 0.321. The third-order valence-corrected chi connectivity index (χ3v) is 9.85. The quantitative estimate of drug-likeness (QED) is 0.167. The average Bonchev–Trinajstić information content (AvgIpc) is 3.58. The third-order valence-electron chi connectivity index (χ3n) is 9.85. The molecule has 0 saturated heterocycles. The number of rotatable bonds is 5. The number of para-hydroxylation sites is 2. The Bertz CT molecular complexity index is 2970. The molecular formula is C45H26N8. The topological polar surface area (TPSA) is 95.2 Å². The fourth-order valence-electron chi connectivity index (χ4n) is 7.49. The van der Waals surface area contributed by atoms with Gasteiger partial charge in [-0.25, -0.2) is 24.9 Å². The van der Waals surface area contributed by atoms with Crippen LogP contribution in [0.2, 0.25) is 0 Å². The first kappa shape index (κ1) is 29.3. The summed E-state index contributed by atoms with van der Waals surface area (Å²) < 4.78 is 2.11. The summed E-state index contributed by atoms with van der Waals surface area (Å²) >= 11 is 0. The maximum absolute atomic E-state index is 5.18. The molecule has 4 heterocycles. The molecule has 0 fully saturated rings. The summed E-state index contributed by atoms with van der Waals surface area (Å²) in [7, 11) is 0. The van der Waals surface area contributed by atoms with Gasteiger partial charge in [0.1, 0.15) is 0 Å². The van der Waals surface area contributed by atoms with Gasteiger partial charge in [0.2, 0.25) is 17.6 Å². The molecule has 0 N–H and O–H groups in total. The van der Waals surface area contributed by atoms with Gasteiger partial charge in [-0.05, 0) is 35.0 Å². The van der Waals surface area contributed by atoms with Gasteiger partial charge < -0.3 is 0 Å². The van der Waals surface area contributed by atoms with Gasteiger partial charge >= 0.3 is 0 Å². The van der Waals surface area contributed by atoms with Crippen molar-refractivity contribution in [2.75, 3.05) is 0 Å². The molecule has 0 aliphatic carbocycles. The summed E-state index contributed by atoms with van der Waals surface area (Å²) in [5, 5.41) is 6.49. The first-order valence-corrected chi connectivity index (χ1v) is 17.4. The molecule has 0 atom stereocenters. The molecule has 0 bridgehead atoms. The first-order chi connectivity index (χ1) is 26.3. The lowest BCUT2D eigenvalue weighted by atomic mass is 10.0. The van der Waals surface area contributed by atoms with Crippen LogP contribution < -0.4 is 0 Å². The van der Waals surface area contributed by atoms with Gasteiger partial charge in [0.05, 0.1) is 33.5 Å². The van der Waals surface area contributed by atoms with Crippen molar-refractivity contribution in [3.63, 3.8) is 0 Å². The molecule has 11 rings (SSSR count). The van der Waals surface area contributed by atoms with Crippen molar-refractivity contribution in [3.05, 3.63) is 158 Å². The third kappa shape index (κ3) is 4.66. The molecule has 246 valence electrons. The average molecular weight is 679 g/mol. The van der Waals surface area contributed by atoms with Crippen molar-refractivity contribution in [3.8, 4) is 51.8 Å². The molecule has 4 aromatic heterocycles. The molecule has 0 aliphatic heterocycles. The number of aromatic nitrogens is 8. The van der Waals surface area contributed by atoms with Crippen LogP contribution in [-0.2, 0) is 0 Å². The number of hydrogen-bond donors (Lipinski definition) is 0. The van der Waals surface area contributed by atoms with Crippen LogP contribution >= 0.6 is 0 Å². The zero-order valence-corrected chi connectivity index (χ0v) is 28.1. The predicted molar refractivity (Wildman–Crippen MR) is 211 cm³/mol. The highest BCUT2D eigenvalue weighted by Crippen LogP contribution is 2.39. The Labute approximate surface area is 302 Å². The van der Waals surface area contributed by atoms with E-state index in [0.29, 0.717) is 29.2 Å². The Morgan fingerprint density at radius 1 is 0.321 bits per heavy atom. The highest BCUT2D eigenvalue weighted by atomic mass is 15.2. The second kappa shape index (κ2) is 11.5. The summed E-state index contributed by atoms with van der Waals surface area (Å²) in [5.41, 5.74) is 7.10. The summed E-state index contributed by atoms with van der Waals surface area (Å²) in [4.78, 5) is 35.8. The molecule has 11 aromatic rings. The zero-order chi connectivity index (χ0) is 34.9. The van der Waals surface area contributed by atoms with E-state index < -0.39 is 0 Å². The van der Waals surface area contributed by atoms with Gasteiger partial charge in [-0.2, -0.15) is 9.97 Å². The molecule has 0 amide bonds. The van der Waals surface area contributed by atoms with Crippen LogP contribution in [0, 0.1) is 0 Å². The van der Waals surface area contributed by atoms with Gasteiger partial charge in [-0.15, -0.1) is 0 Å². The van der Waals surface area contributed by atoms with Crippen LogP contribution in [0.3, 0.4) is 0 Å². The summed E-state index contributed by atoms with van der Waals surface area (Å²) in [6.07, 6.45) is 0. The van der Waals surface area contributed by atoms with Crippen molar-refractivity contribution in [2.45, 2.75) is 0 Å². The van der Waals surface area contributed by atoms with Gasteiger partial charge in [0, 0.05) is 32.7 Å². The Kier molecular flexibility index (Phi) is 6.38. The summed E-state index contributed by atoms with van der Waals surface area (Å²) in [6.45, 7) is 0. The summed E-state index contributed by atoms with van der Waals surface area (Å²) in [6, 6.07) is 53.3. The second-order valence-electron chi connectivity index (χ2n) is 13.0. The van der Waals surface area contributed by atoms with E-state index in [2.05, 4.69) is 77.4 Å². The Morgan fingerprint density at radius 3 is 1.25 bits per heavy atom. The maximum atomic E-state index is 5.18. The fourth-order valence-corrected chi connectivity index (χ4v) is 7.49. The minimum Gasteiger partial charge on any atom is -0.278 e. The molecule has 8 heteroatoms. The standard InChI is InChI=1S/C45H26N8/c1-3-13-29(14-4-1)39-31-19-7-9-21-33(31)46-41(48-39)43-50-44(42-47-34-22-10-8-20-32(34)40(49-42)30-15-5-2-6-16-30)52-45(51-43)53-35-23-11-17-27-25-26-28-18-12-24-36(53)38(28)37(27)35/h1-26H. The summed E-state index contributed by atoms with van der Waals surface area (Å²) in [5.74, 6) is 1.83. The van der Waals surface area contributed by atoms with Crippen LogP contribution in [0.4, 0.5) is 0 Å². The highest BCUT2D eigenvalue weighted by Gasteiger charge is 2.23. The van der Waals surface area contributed by atoms with E-state index in [1.165, 1.54) is 0 Å². The SMILES string of the molecule is c1ccc(-c2nc(-c3nc(-c4nc(-c5ccccc5)c5ccccc5n4)nc(-n4c5cccc6ccc7cccc4c7c65)n3)nc3ccccc23)cc1. The lowest BCUT2D eigenvalue weighted by molar-refractivity contribution is 0.932. The number of benzene rings is 7. The van der Waals surface area contributed by atoms with Crippen molar-refractivity contribution in [1.29, 1.82) is 0 Å². The smallest absolute Gasteiger partial charge is 0.239 e. The molecule has 53 heavy (non-hydrogen) atoms. The molecule has 7 aromatic carbocycles. The Balaban J connectivity index is 1.23. The van der Waals surface area contributed by atoms with Crippen LogP contribution in [0.15, 0.2) is 158 Å². The van der Waals surface area contributed by atoms with E-state index in [0.717, 1.165) is 76.9 Å². The molecule has 0 aliphatic rings. The van der Waals surface area contributed by atoms with E-state index in [9.17, 15) is 0 Å². The monoisotopic (exact) mass is 678 g/mol. The van der Waals surface area contributed by atoms with Crippen LogP contribution in [0.25, 0.3) is 106 Å². The number of fused-ring (bicyclic) bond motifs is 2. The van der Waals surface area contributed by atoms with Crippen molar-refractivity contribution >= 4 is 54.4 Å². The van der Waals surface area contributed by atoms with Gasteiger partial charge in [0.15, 0.2) is 11.6 Å². The van der Waals surface area contributed by atoms with Crippen molar-refractivity contribution in [1.82, 2.24) is 39.5 Å². The minimum absolute atomic E-state index is 0.321. The Morgan fingerprint density at radius 2 is 0.755 bits per heavy atom. The molecule has 8 nitrogen and oxygen atoms in total. The largest absolute Gasteiger partial charge is 0.278 e. The lowest BCUT2D eigenvalue weighted by Crippen LogP contribution is -2.09. The van der Waals surface area contributed by atoms with E-state index in [1.807, 2.05) is 84.9 Å². The van der Waals surface area contributed by atoms with Gasteiger partial charge in [-0.3, -0.25) is 4.57 Å². The highest BCUT2D eigenvalue weighted by molar-refractivity contribution is 6.24. The molecule has 0 radical (unpaired) electrons. The first-order valence-electron chi connectivity index (χ1n) is 17.4. The lowest BCUT2D eigenvalue weighted by Gasteiger charge is -2.13. The van der Waals surface area contributed by atoms with Gasteiger partial charge in [-0.1, -0.05) is 133 Å². The van der Waals surface area contributed by atoms with Gasteiger partial charge in [0.25, 0.3) is 0 Å². The molecule has 0 saturated carbocycles. The maximum Gasteiger partial charge on any atom is 0.239 e. The van der Waals surface area contributed by atoms with Crippen LogP contribution in [-0.4, -0.2) is 39.5 Å². The predicted octanol–water partition coefficient (Wildman–Crippen LogP) is 10.1. The van der Waals surface area contributed by atoms with Crippen molar-refractivity contribution < 1.29 is 0 Å². The number of hydrogen-bond acceptors (Lipinski definition) is 7. The normalized spacial score (nSPS) is 11.8. The van der Waals surface area contributed by atoms with Crippen LogP contribution in [0.1, 0.15) is 0 Å². The van der Waals surface area contributed by atoms with E-state index in [1.54, 1.807) is 0 Å².